The average Bonchev–Trinajstić information content (AvgIpc) is 2.92. The lowest BCUT2D eigenvalue weighted by molar-refractivity contribution is -0.138. The Kier molecular flexibility index (Phi) is 5.16. The van der Waals surface area contributed by atoms with E-state index in [1.165, 1.54) is 0 Å². The molecule has 1 aromatic heterocycles. The van der Waals surface area contributed by atoms with E-state index in [1.54, 1.807) is 24.3 Å². The van der Waals surface area contributed by atoms with Gasteiger partial charge in [-0.3, -0.25) is 4.79 Å². The van der Waals surface area contributed by atoms with E-state index in [1.807, 2.05) is 36.5 Å². The Morgan fingerprint density at radius 3 is 2.32 bits per heavy atom. The number of aromatic nitrogens is 1. The number of carboxylic acids is 1. The Bertz CT molecular complexity index is 738. The van der Waals surface area contributed by atoms with Crippen molar-refractivity contribution < 1.29 is 15.0 Å². The van der Waals surface area contributed by atoms with Crippen LogP contribution in [0.25, 0.3) is 10.9 Å². The summed E-state index contributed by atoms with van der Waals surface area (Å²) in [5.74, 6) is -0.650. The molecule has 0 amide bonds. The summed E-state index contributed by atoms with van der Waals surface area (Å²) in [6.07, 6.45) is 2.16. The van der Waals surface area contributed by atoms with Crippen molar-refractivity contribution in [2.75, 3.05) is 0 Å². The number of nitrogens with one attached hydrogen (secondary N) is 1. The summed E-state index contributed by atoms with van der Waals surface area (Å²) in [5, 5.41) is 18.4. The number of phenolic OH excluding ortho intramolecular Hbond substituents is 1. The molecule has 0 aliphatic carbocycles. The lowest BCUT2D eigenvalue weighted by atomic mass is 10.1. The highest BCUT2D eigenvalue weighted by molar-refractivity contribution is 5.84. The van der Waals surface area contributed by atoms with Crippen molar-refractivity contribution in [1.29, 1.82) is 0 Å². The first-order valence-corrected chi connectivity index (χ1v) is 6.85. The smallest absolute Gasteiger partial charge is 0.320 e. The van der Waals surface area contributed by atoms with Gasteiger partial charge in [-0.05, 0) is 23.8 Å². The number of aromatic hydroxyl groups is 1. The summed E-state index contributed by atoms with van der Waals surface area (Å²) in [7, 11) is 0. The molecule has 0 fully saturated rings. The first-order chi connectivity index (χ1) is 10.6. The molecule has 5 heteroatoms. The second-order valence-electron chi connectivity index (χ2n) is 4.84. The van der Waals surface area contributed by atoms with E-state index in [0.29, 0.717) is 12.2 Å². The van der Waals surface area contributed by atoms with Gasteiger partial charge in [-0.25, -0.2) is 0 Å². The number of aliphatic carboxylic acids is 1. The maximum atomic E-state index is 10.6. The quantitative estimate of drug-likeness (QED) is 0.597. The molecule has 114 valence electrons. The molecule has 5 N–H and O–H groups in total. The molecule has 0 aliphatic rings. The van der Waals surface area contributed by atoms with Crippen LogP contribution in [0.1, 0.15) is 5.56 Å². The molecular weight excluding hydrogens is 280 g/mol. The van der Waals surface area contributed by atoms with E-state index in [4.69, 9.17) is 15.9 Å². The Morgan fingerprint density at radius 1 is 1.09 bits per heavy atom. The van der Waals surface area contributed by atoms with Crippen LogP contribution in [0.5, 0.6) is 5.75 Å². The number of H-pyrrole nitrogens is 1. The number of carbonyl (C=O) groups is 1. The topological polar surface area (TPSA) is 99.3 Å². The SMILES string of the molecule is N[C@@H](Cc1c[nH]c2ccccc12)C(=O)O.Oc1ccccc1. The monoisotopic (exact) mass is 298 g/mol. The predicted molar refractivity (Wildman–Crippen MR) is 85.7 cm³/mol. The van der Waals surface area contributed by atoms with Crippen LogP contribution in [0.2, 0.25) is 0 Å². The number of hydrogen-bond donors (Lipinski definition) is 4. The lowest BCUT2D eigenvalue weighted by Gasteiger charge is -2.04. The summed E-state index contributed by atoms with van der Waals surface area (Å²) >= 11 is 0. The zero-order valence-corrected chi connectivity index (χ0v) is 11.9. The van der Waals surface area contributed by atoms with Gasteiger partial charge in [0, 0.05) is 23.5 Å². The molecule has 0 radical (unpaired) electrons. The zero-order valence-electron chi connectivity index (χ0n) is 11.9. The van der Waals surface area contributed by atoms with Crippen LogP contribution >= 0.6 is 0 Å². The normalized spacial score (nSPS) is 11.5. The van der Waals surface area contributed by atoms with Gasteiger partial charge >= 0.3 is 5.97 Å². The van der Waals surface area contributed by atoms with Gasteiger partial charge in [-0.2, -0.15) is 0 Å². The number of phenols is 1. The van der Waals surface area contributed by atoms with Crippen LogP contribution in [0.15, 0.2) is 60.8 Å². The number of fused-ring (bicyclic) bond motifs is 1. The Labute approximate surface area is 128 Å². The largest absolute Gasteiger partial charge is 0.508 e. The van der Waals surface area contributed by atoms with Gasteiger partial charge in [0.1, 0.15) is 11.8 Å². The van der Waals surface area contributed by atoms with Gasteiger partial charge in [0.25, 0.3) is 0 Å². The number of para-hydroxylation sites is 2. The Hall–Kier alpha value is -2.79. The van der Waals surface area contributed by atoms with E-state index in [2.05, 4.69) is 4.98 Å². The number of carboxylic acid groups (broad SMARTS) is 1. The van der Waals surface area contributed by atoms with Crippen LogP contribution < -0.4 is 5.73 Å². The van der Waals surface area contributed by atoms with Gasteiger partial charge in [-0.15, -0.1) is 0 Å². The number of benzene rings is 2. The number of hydrogen-bond acceptors (Lipinski definition) is 3. The fourth-order valence-corrected chi connectivity index (χ4v) is 2.05. The molecular formula is C17H18N2O3. The van der Waals surface area contributed by atoms with Crippen molar-refractivity contribution in [3.05, 3.63) is 66.4 Å². The minimum absolute atomic E-state index is 0.322. The molecule has 0 saturated heterocycles. The third-order valence-corrected chi connectivity index (χ3v) is 3.19. The van der Waals surface area contributed by atoms with Crippen LogP contribution in [0.4, 0.5) is 0 Å². The second-order valence-corrected chi connectivity index (χ2v) is 4.84. The standard InChI is InChI=1S/C11H12N2O2.C6H6O/c12-9(11(14)15)5-7-6-13-10-4-2-1-3-8(7)10;7-6-4-2-1-3-5-6/h1-4,6,9,13H,5,12H2,(H,14,15);1-5,7H/t9-;/m0./s1. The van der Waals surface area contributed by atoms with Crippen molar-refractivity contribution >= 4 is 16.9 Å². The minimum Gasteiger partial charge on any atom is -0.508 e. The van der Waals surface area contributed by atoms with E-state index in [9.17, 15) is 4.79 Å². The summed E-state index contributed by atoms with van der Waals surface area (Å²) in [6.45, 7) is 0. The Balaban J connectivity index is 0.000000211. The summed E-state index contributed by atoms with van der Waals surface area (Å²) in [4.78, 5) is 13.7. The number of aromatic amines is 1. The fourth-order valence-electron chi connectivity index (χ4n) is 2.05. The average molecular weight is 298 g/mol. The van der Waals surface area contributed by atoms with Gasteiger partial charge in [-0.1, -0.05) is 36.4 Å². The molecule has 1 atom stereocenters. The van der Waals surface area contributed by atoms with Crippen molar-refractivity contribution in [3.8, 4) is 5.75 Å². The van der Waals surface area contributed by atoms with Crippen molar-refractivity contribution in [3.63, 3.8) is 0 Å². The molecule has 22 heavy (non-hydrogen) atoms. The van der Waals surface area contributed by atoms with Gasteiger partial charge in [0.15, 0.2) is 0 Å². The first kappa shape index (κ1) is 15.6. The molecule has 2 aromatic carbocycles. The van der Waals surface area contributed by atoms with Crippen LogP contribution in [0.3, 0.4) is 0 Å². The first-order valence-electron chi connectivity index (χ1n) is 6.85. The number of nitrogens with two attached hydrogens (primary N) is 1. The molecule has 0 bridgehead atoms. The van der Waals surface area contributed by atoms with Crippen LogP contribution in [-0.4, -0.2) is 27.2 Å². The highest BCUT2D eigenvalue weighted by Gasteiger charge is 2.14. The minimum atomic E-state index is -0.972. The molecule has 0 saturated carbocycles. The molecule has 1 heterocycles. The van der Waals surface area contributed by atoms with Gasteiger partial charge < -0.3 is 20.9 Å². The third-order valence-electron chi connectivity index (χ3n) is 3.19. The van der Waals surface area contributed by atoms with Crippen molar-refractivity contribution in [2.24, 2.45) is 5.73 Å². The molecule has 0 unspecified atom stereocenters. The van der Waals surface area contributed by atoms with Crippen molar-refractivity contribution in [2.45, 2.75) is 12.5 Å². The molecule has 3 rings (SSSR count). The zero-order chi connectivity index (χ0) is 15.9. The Morgan fingerprint density at radius 2 is 1.73 bits per heavy atom. The summed E-state index contributed by atoms with van der Waals surface area (Å²) in [6, 6.07) is 15.6. The van der Waals surface area contributed by atoms with Crippen molar-refractivity contribution in [1.82, 2.24) is 4.98 Å². The molecule has 3 aromatic rings. The van der Waals surface area contributed by atoms with E-state index in [-0.39, 0.29) is 0 Å². The highest BCUT2D eigenvalue weighted by atomic mass is 16.4. The third kappa shape index (κ3) is 4.10. The van der Waals surface area contributed by atoms with E-state index in [0.717, 1.165) is 16.5 Å². The maximum Gasteiger partial charge on any atom is 0.320 e. The number of rotatable bonds is 3. The van der Waals surface area contributed by atoms with Crippen LogP contribution in [0, 0.1) is 0 Å². The summed E-state index contributed by atoms with van der Waals surface area (Å²) < 4.78 is 0. The maximum absolute atomic E-state index is 10.6. The molecule has 0 aliphatic heterocycles. The van der Waals surface area contributed by atoms with E-state index < -0.39 is 12.0 Å². The predicted octanol–water partition coefficient (Wildman–Crippen LogP) is 2.51. The van der Waals surface area contributed by atoms with Crippen LogP contribution in [-0.2, 0) is 11.2 Å². The molecule has 5 nitrogen and oxygen atoms in total. The van der Waals surface area contributed by atoms with E-state index >= 15 is 0 Å². The van der Waals surface area contributed by atoms with Gasteiger partial charge in [0.2, 0.25) is 0 Å². The summed E-state index contributed by atoms with van der Waals surface area (Å²) in [5.41, 5.74) is 7.43. The molecule has 0 spiro atoms. The van der Waals surface area contributed by atoms with Gasteiger partial charge in [0.05, 0.1) is 0 Å². The second kappa shape index (κ2) is 7.28. The highest BCUT2D eigenvalue weighted by Crippen LogP contribution is 2.18. The lowest BCUT2D eigenvalue weighted by Crippen LogP contribution is -2.32. The fraction of sp³-hybridized carbons (Fsp3) is 0.118.